The molecule has 2 N–H and O–H groups in total. The monoisotopic (exact) mass is 452 g/mol. The molecule has 0 radical (unpaired) electrons. The van der Waals surface area contributed by atoms with Gasteiger partial charge < -0.3 is 29.3 Å². The normalized spacial score (nSPS) is 25.1. The molecule has 2 aliphatic rings. The number of hydrogen-bond donors (Lipinski definition) is 2. The van der Waals surface area contributed by atoms with Crippen molar-refractivity contribution in [3.05, 3.63) is 42.3 Å². The molecule has 2 fully saturated rings. The minimum absolute atomic E-state index is 0.0405. The van der Waals surface area contributed by atoms with Crippen LogP contribution in [0.1, 0.15) is 12.2 Å². The first-order valence-corrected chi connectivity index (χ1v) is 10.6. The maximum atomic E-state index is 12.3. The molecular weight excluding hydrogens is 428 g/mol. The first kappa shape index (κ1) is 21.4. The van der Waals surface area contributed by atoms with Crippen molar-refractivity contribution >= 4 is 11.9 Å². The molecule has 11 heteroatoms. The van der Waals surface area contributed by atoms with Crippen LogP contribution in [0.2, 0.25) is 0 Å². The van der Waals surface area contributed by atoms with Gasteiger partial charge in [0.05, 0.1) is 36.3 Å². The number of nitrogens with one attached hydrogen (secondary N) is 1. The van der Waals surface area contributed by atoms with Crippen LogP contribution in [0.15, 0.2) is 41.1 Å². The molecule has 3 aromatic rings. The number of carbonyl (C=O) groups is 1. The van der Waals surface area contributed by atoms with Gasteiger partial charge >= 0.3 is 0 Å². The van der Waals surface area contributed by atoms with Crippen molar-refractivity contribution in [2.24, 2.45) is 0 Å². The van der Waals surface area contributed by atoms with Gasteiger partial charge in [0.1, 0.15) is 11.8 Å². The van der Waals surface area contributed by atoms with E-state index in [4.69, 9.17) is 14.0 Å². The summed E-state index contributed by atoms with van der Waals surface area (Å²) in [4.78, 5) is 27.3. The second-order valence-corrected chi connectivity index (χ2v) is 8.15. The van der Waals surface area contributed by atoms with Gasteiger partial charge in [0, 0.05) is 39.4 Å². The van der Waals surface area contributed by atoms with Crippen molar-refractivity contribution in [3.8, 4) is 22.8 Å². The van der Waals surface area contributed by atoms with Crippen molar-refractivity contribution in [3.63, 3.8) is 0 Å². The average Bonchev–Trinajstić information content (AvgIpc) is 3.57. The first-order valence-electron chi connectivity index (χ1n) is 10.6. The Labute approximate surface area is 189 Å². The van der Waals surface area contributed by atoms with Crippen molar-refractivity contribution in [1.82, 2.24) is 25.0 Å². The van der Waals surface area contributed by atoms with E-state index in [1.807, 2.05) is 12.1 Å². The average molecular weight is 452 g/mol. The zero-order valence-electron chi connectivity index (χ0n) is 18.3. The van der Waals surface area contributed by atoms with Crippen molar-refractivity contribution in [2.45, 2.75) is 24.2 Å². The van der Waals surface area contributed by atoms with Crippen LogP contribution < -0.4 is 5.32 Å². The largest absolute Gasteiger partial charge is 0.377 e. The number of nitrogens with zero attached hydrogens (tertiary/aromatic N) is 5. The summed E-state index contributed by atoms with van der Waals surface area (Å²) in [5.74, 6) is 0.155. The summed E-state index contributed by atoms with van der Waals surface area (Å²) < 4.78 is 16.2. The topological polar surface area (TPSA) is 136 Å². The van der Waals surface area contributed by atoms with E-state index in [0.29, 0.717) is 48.5 Å². The minimum Gasteiger partial charge on any atom is -0.377 e. The van der Waals surface area contributed by atoms with Crippen LogP contribution in [-0.2, 0) is 19.9 Å². The number of likely N-dealkylation sites (N-methyl/N-ethyl adjacent to an activating group) is 1. The van der Waals surface area contributed by atoms with E-state index in [2.05, 4.69) is 25.4 Å². The summed E-state index contributed by atoms with van der Waals surface area (Å²) in [6.45, 7) is 1.48. The Morgan fingerprint density at radius 3 is 2.73 bits per heavy atom. The Balaban J connectivity index is 1.38. The van der Waals surface area contributed by atoms with E-state index in [1.54, 1.807) is 38.6 Å². The van der Waals surface area contributed by atoms with Crippen LogP contribution in [0, 0.1) is 0 Å². The number of ether oxygens (including phenoxy) is 2. The fourth-order valence-electron chi connectivity index (χ4n) is 4.03. The van der Waals surface area contributed by atoms with E-state index < -0.39 is 11.5 Å². The lowest BCUT2D eigenvalue weighted by molar-refractivity contribution is -0.144. The number of aliphatic hydroxyl groups is 1. The number of aromatic nitrogens is 4. The highest BCUT2D eigenvalue weighted by atomic mass is 16.5. The van der Waals surface area contributed by atoms with Crippen LogP contribution in [0.4, 0.5) is 5.95 Å². The Morgan fingerprint density at radius 2 is 1.97 bits per heavy atom. The number of anilines is 1. The molecule has 5 rings (SSSR count). The third kappa shape index (κ3) is 3.94. The summed E-state index contributed by atoms with van der Waals surface area (Å²) >= 11 is 0. The minimum atomic E-state index is -1.70. The fourth-order valence-corrected chi connectivity index (χ4v) is 4.03. The third-order valence-electron chi connectivity index (χ3n) is 6.00. The van der Waals surface area contributed by atoms with Gasteiger partial charge in [-0.15, -0.1) is 0 Å². The van der Waals surface area contributed by atoms with Crippen LogP contribution in [-0.4, -0.2) is 82.1 Å². The van der Waals surface area contributed by atoms with E-state index in [1.165, 1.54) is 4.90 Å². The van der Waals surface area contributed by atoms with Crippen LogP contribution in [0.3, 0.4) is 0 Å². The van der Waals surface area contributed by atoms with Crippen LogP contribution >= 0.6 is 0 Å². The van der Waals surface area contributed by atoms with Gasteiger partial charge in [-0.3, -0.25) is 4.79 Å². The number of rotatable bonds is 6. The molecule has 2 saturated heterocycles. The quantitative estimate of drug-likeness (QED) is 0.559. The number of carbonyl (C=O) groups excluding carboxylic acids is 1. The van der Waals surface area contributed by atoms with Gasteiger partial charge in [0.2, 0.25) is 11.5 Å². The summed E-state index contributed by atoms with van der Waals surface area (Å²) in [7, 11) is 3.29. The van der Waals surface area contributed by atoms with E-state index in [9.17, 15) is 9.90 Å². The van der Waals surface area contributed by atoms with Crippen molar-refractivity contribution in [1.29, 1.82) is 0 Å². The molecule has 33 heavy (non-hydrogen) atoms. The lowest BCUT2D eigenvalue weighted by Crippen LogP contribution is -2.35. The third-order valence-corrected chi connectivity index (χ3v) is 6.00. The SMILES string of the molecule is COC1COCC1Nc1nccc(-c2cccc(-c3cc(C4(O)CCN(C)C4=O)on3)n2)n1. The molecule has 5 heterocycles. The van der Waals surface area contributed by atoms with Gasteiger partial charge in [-0.05, 0) is 18.2 Å². The molecule has 2 aliphatic heterocycles. The van der Waals surface area contributed by atoms with Crippen molar-refractivity contribution in [2.75, 3.05) is 39.2 Å². The zero-order chi connectivity index (χ0) is 23.0. The fraction of sp³-hybridized carbons (Fsp3) is 0.409. The summed E-state index contributed by atoms with van der Waals surface area (Å²) in [6.07, 6.45) is 1.83. The van der Waals surface area contributed by atoms with Gasteiger partial charge in [-0.25, -0.2) is 15.0 Å². The standard InChI is InChI=1S/C22H24N6O5/c1-28-9-7-22(30,20(28)29)19-10-16(27-33-19)14-5-3-4-13(24-14)15-6-8-23-21(25-15)26-17-11-32-12-18(17)31-2/h3-6,8,10,17-18,30H,7,9,11-12H2,1-2H3,(H,23,25,26). The summed E-state index contributed by atoms with van der Waals surface area (Å²) in [5.41, 5.74) is 0.484. The molecule has 0 aromatic carbocycles. The molecule has 3 unspecified atom stereocenters. The maximum Gasteiger partial charge on any atom is 0.262 e. The molecule has 3 atom stereocenters. The molecule has 3 aromatic heterocycles. The second kappa shape index (κ2) is 8.50. The predicted molar refractivity (Wildman–Crippen MR) is 116 cm³/mol. The molecular formula is C22H24N6O5. The van der Waals surface area contributed by atoms with E-state index >= 15 is 0 Å². The number of likely N-dealkylation sites (tertiary alicyclic amines) is 1. The molecule has 0 spiro atoms. The molecule has 11 nitrogen and oxygen atoms in total. The lowest BCUT2D eigenvalue weighted by Gasteiger charge is -2.17. The number of hydrogen-bond acceptors (Lipinski definition) is 10. The predicted octanol–water partition coefficient (Wildman–Crippen LogP) is 1.07. The Hall–Kier alpha value is -3.41. The number of pyridine rings is 1. The number of amides is 1. The molecule has 1 amide bonds. The Morgan fingerprint density at radius 1 is 1.18 bits per heavy atom. The highest BCUT2D eigenvalue weighted by Crippen LogP contribution is 2.34. The van der Waals surface area contributed by atoms with Crippen LogP contribution in [0.5, 0.6) is 0 Å². The zero-order valence-corrected chi connectivity index (χ0v) is 18.3. The van der Waals surface area contributed by atoms with E-state index in [0.717, 1.165) is 0 Å². The highest BCUT2D eigenvalue weighted by Gasteiger charge is 2.48. The van der Waals surface area contributed by atoms with Crippen molar-refractivity contribution < 1.29 is 23.9 Å². The molecule has 0 saturated carbocycles. The Bertz CT molecular complexity index is 1170. The highest BCUT2D eigenvalue weighted by molar-refractivity contribution is 5.87. The summed E-state index contributed by atoms with van der Waals surface area (Å²) in [6, 6.07) is 8.71. The van der Waals surface area contributed by atoms with Crippen LogP contribution in [0.25, 0.3) is 22.8 Å². The van der Waals surface area contributed by atoms with Gasteiger partial charge in [-0.1, -0.05) is 11.2 Å². The summed E-state index contributed by atoms with van der Waals surface area (Å²) in [5, 5.41) is 18.1. The first-order chi connectivity index (χ1) is 16.0. The molecule has 0 aliphatic carbocycles. The smallest absolute Gasteiger partial charge is 0.262 e. The number of methoxy groups -OCH3 is 1. The van der Waals surface area contributed by atoms with E-state index in [-0.39, 0.29) is 24.3 Å². The molecule has 0 bridgehead atoms. The lowest BCUT2D eigenvalue weighted by atomic mass is 9.98. The maximum absolute atomic E-state index is 12.3. The van der Waals surface area contributed by atoms with Gasteiger partial charge in [0.25, 0.3) is 5.91 Å². The van der Waals surface area contributed by atoms with Gasteiger partial charge in [-0.2, -0.15) is 0 Å². The Kier molecular flexibility index (Phi) is 5.52. The second-order valence-electron chi connectivity index (χ2n) is 8.15. The van der Waals surface area contributed by atoms with Gasteiger partial charge in [0.15, 0.2) is 5.76 Å². The molecule has 172 valence electrons.